The summed E-state index contributed by atoms with van der Waals surface area (Å²) in [5.41, 5.74) is 1.19. The third-order valence-electron chi connectivity index (χ3n) is 6.45. The molecule has 4 rings (SSSR count). The zero-order chi connectivity index (χ0) is 22.7. The number of piperidine rings is 1. The number of hydrogen-bond donors (Lipinski definition) is 1. The lowest BCUT2D eigenvalue weighted by atomic mass is 9.98. The molecule has 0 saturated carbocycles. The fraction of sp³-hybridized carbons (Fsp3) is 0.609. The molecule has 0 radical (unpaired) electrons. The van der Waals surface area contributed by atoms with Crippen LogP contribution in [-0.4, -0.2) is 54.5 Å². The number of fused-ring (bicyclic) bond motifs is 1. The van der Waals surface area contributed by atoms with Crippen LogP contribution in [0.2, 0.25) is 0 Å². The number of amides is 2. The van der Waals surface area contributed by atoms with Gasteiger partial charge in [0.05, 0.1) is 30.7 Å². The van der Waals surface area contributed by atoms with Gasteiger partial charge in [-0.1, -0.05) is 13.8 Å². The van der Waals surface area contributed by atoms with Gasteiger partial charge in [-0.3, -0.25) is 19.1 Å². The summed E-state index contributed by atoms with van der Waals surface area (Å²) < 4.78 is 1.77. The molecule has 2 aliphatic heterocycles. The summed E-state index contributed by atoms with van der Waals surface area (Å²) in [6, 6.07) is 1.59. The van der Waals surface area contributed by atoms with E-state index >= 15 is 0 Å². The van der Waals surface area contributed by atoms with Gasteiger partial charge in [0.2, 0.25) is 11.8 Å². The fourth-order valence-corrected chi connectivity index (χ4v) is 4.73. The van der Waals surface area contributed by atoms with Crippen LogP contribution < -0.4 is 5.56 Å². The topological polar surface area (TPSA) is 104 Å². The molecule has 0 aliphatic carbocycles. The van der Waals surface area contributed by atoms with E-state index in [9.17, 15) is 14.4 Å². The van der Waals surface area contributed by atoms with Gasteiger partial charge in [-0.25, -0.2) is 4.98 Å². The molecule has 4 heterocycles. The smallest absolute Gasteiger partial charge is 0.254 e. The number of likely N-dealkylation sites (tertiary alicyclic amines) is 1. The number of nitrogens with one attached hydrogen (secondary N) is 1. The van der Waals surface area contributed by atoms with E-state index in [4.69, 9.17) is 4.98 Å². The van der Waals surface area contributed by atoms with Crippen molar-refractivity contribution in [3.05, 3.63) is 45.9 Å². The SMILES string of the molecule is CCCC(=O)N1CCc2c(nc([C@@H]3CCCCN3C(=O)[C@H](C)Cn3cccn3)[nH]c2=O)C1. The van der Waals surface area contributed by atoms with Gasteiger partial charge < -0.3 is 14.8 Å². The zero-order valence-electron chi connectivity index (χ0n) is 18.9. The maximum absolute atomic E-state index is 13.3. The summed E-state index contributed by atoms with van der Waals surface area (Å²) >= 11 is 0. The van der Waals surface area contributed by atoms with E-state index in [2.05, 4.69) is 10.1 Å². The minimum atomic E-state index is -0.254. The molecule has 9 nitrogen and oxygen atoms in total. The van der Waals surface area contributed by atoms with E-state index in [1.165, 1.54) is 0 Å². The van der Waals surface area contributed by atoms with Crippen molar-refractivity contribution in [2.75, 3.05) is 13.1 Å². The highest BCUT2D eigenvalue weighted by Gasteiger charge is 2.33. The van der Waals surface area contributed by atoms with Gasteiger partial charge in [0.1, 0.15) is 5.82 Å². The largest absolute Gasteiger partial charge is 0.336 e. The van der Waals surface area contributed by atoms with E-state index in [1.54, 1.807) is 15.8 Å². The predicted molar refractivity (Wildman–Crippen MR) is 119 cm³/mol. The van der Waals surface area contributed by atoms with Crippen LogP contribution in [0.4, 0.5) is 0 Å². The van der Waals surface area contributed by atoms with Crippen LogP contribution in [0.25, 0.3) is 0 Å². The number of rotatable bonds is 6. The number of carbonyl (C=O) groups is 2. The molecule has 2 aromatic rings. The highest BCUT2D eigenvalue weighted by atomic mass is 16.2. The Morgan fingerprint density at radius 1 is 1.28 bits per heavy atom. The molecule has 172 valence electrons. The van der Waals surface area contributed by atoms with E-state index in [1.807, 2.05) is 31.0 Å². The summed E-state index contributed by atoms with van der Waals surface area (Å²) in [6.45, 7) is 5.97. The zero-order valence-corrected chi connectivity index (χ0v) is 18.9. The standard InChI is InChI=1S/C23H32N6O3/c1-3-7-20(30)27-13-9-17-18(15-27)25-21(26-22(17)31)19-8-4-5-12-29(19)23(32)16(2)14-28-11-6-10-24-28/h6,10-11,16,19H,3-5,7-9,12-15H2,1-2H3,(H,25,26,31)/t16-,19+/m1/s1. The molecular weight excluding hydrogens is 408 g/mol. The van der Waals surface area contributed by atoms with Crippen molar-refractivity contribution >= 4 is 11.8 Å². The van der Waals surface area contributed by atoms with E-state index in [0.717, 1.165) is 25.7 Å². The third-order valence-corrected chi connectivity index (χ3v) is 6.45. The highest BCUT2D eigenvalue weighted by Crippen LogP contribution is 2.31. The summed E-state index contributed by atoms with van der Waals surface area (Å²) in [5.74, 6) is 0.453. The third kappa shape index (κ3) is 4.61. The second-order valence-electron chi connectivity index (χ2n) is 8.86. The van der Waals surface area contributed by atoms with Gasteiger partial charge in [0.15, 0.2) is 0 Å². The van der Waals surface area contributed by atoms with Gasteiger partial charge in [-0.2, -0.15) is 5.10 Å². The molecule has 0 spiro atoms. The fourth-order valence-electron chi connectivity index (χ4n) is 4.73. The summed E-state index contributed by atoms with van der Waals surface area (Å²) in [4.78, 5) is 49.9. The van der Waals surface area contributed by atoms with Crippen molar-refractivity contribution in [1.29, 1.82) is 0 Å². The molecule has 2 amide bonds. The first kappa shape index (κ1) is 22.2. The van der Waals surface area contributed by atoms with Gasteiger partial charge in [0.25, 0.3) is 5.56 Å². The van der Waals surface area contributed by atoms with Crippen LogP contribution in [0.3, 0.4) is 0 Å². The van der Waals surface area contributed by atoms with E-state index < -0.39 is 0 Å². The first-order valence-corrected chi connectivity index (χ1v) is 11.7. The van der Waals surface area contributed by atoms with Crippen LogP contribution in [0, 0.1) is 5.92 Å². The number of aromatic amines is 1. The van der Waals surface area contributed by atoms with Crippen molar-refractivity contribution in [2.45, 2.75) is 71.5 Å². The predicted octanol–water partition coefficient (Wildman–Crippen LogP) is 2.04. The number of aromatic nitrogens is 4. The number of H-pyrrole nitrogens is 1. The number of nitrogens with zero attached hydrogens (tertiary/aromatic N) is 5. The maximum atomic E-state index is 13.3. The molecule has 9 heteroatoms. The normalized spacial score (nSPS) is 19.5. The quantitative estimate of drug-likeness (QED) is 0.740. The second-order valence-corrected chi connectivity index (χ2v) is 8.86. The Bertz CT molecular complexity index is 1020. The van der Waals surface area contributed by atoms with Crippen molar-refractivity contribution in [2.24, 2.45) is 5.92 Å². The number of hydrogen-bond acceptors (Lipinski definition) is 5. The molecule has 2 aliphatic rings. The molecular formula is C23H32N6O3. The first-order valence-electron chi connectivity index (χ1n) is 11.7. The average molecular weight is 441 g/mol. The molecule has 32 heavy (non-hydrogen) atoms. The Morgan fingerprint density at radius 3 is 2.88 bits per heavy atom. The molecule has 0 bridgehead atoms. The molecule has 0 unspecified atom stereocenters. The Balaban J connectivity index is 1.56. The summed E-state index contributed by atoms with van der Waals surface area (Å²) in [7, 11) is 0. The van der Waals surface area contributed by atoms with Gasteiger partial charge >= 0.3 is 0 Å². The van der Waals surface area contributed by atoms with E-state index in [-0.39, 0.29) is 29.3 Å². The summed E-state index contributed by atoms with van der Waals surface area (Å²) in [5, 5.41) is 4.21. The summed E-state index contributed by atoms with van der Waals surface area (Å²) in [6.07, 6.45) is 8.05. The lowest BCUT2D eigenvalue weighted by Gasteiger charge is -2.37. The van der Waals surface area contributed by atoms with Gasteiger partial charge in [0, 0.05) is 37.5 Å². The molecule has 1 saturated heterocycles. The molecule has 1 fully saturated rings. The average Bonchev–Trinajstić information content (AvgIpc) is 3.31. The highest BCUT2D eigenvalue weighted by molar-refractivity contribution is 5.79. The maximum Gasteiger partial charge on any atom is 0.254 e. The Kier molecular flexibility index (Phi) is 6.72. The Labute approximate surface area is 187 Å². The van der Waals surface area contributed by atoms with Crippen LogP contribution in [-0.2, 0) is 29.1 Å². The van der Waals surface area contributed by atoms with Crippen molar-refractivity contribution in [3.63, 3.8) is 0 Å². The van der Waals surface area contributed by atoms with Crippen LogP contribution >= 0.6 is 0 Å². The van der Waals surface area contributed by atoms with Crippen LogP contribution in [0.15, 0.2) is 23.3 Å². The van der Waals surface area contributed by atoms with Crippen LogP contribution in [0.5, 0.6) is 0 Å². The molecule has 2 atom stereocenters. The Hall–Kier alpha value is -2.97. The van der Waals surface area contributed by atoms with Crippen molar-refractivity contribution in [3.8, 4) is 0 Å². The van der Waals surface area contributed by atoms with E-state index in [0.29, 0.717) is 56.1 Å². The van der Waals surface area contributed by atoms with Crippen molar-refractivity contribution < 1.29 is 9.59 Å². The second kappa shape index (κ2) is 9.67. The van der Waals surface area contributed by atoms with Crippen molar-refractivity contribution in [1.82, 2.24) is 29.5 Å². The lowest BCUT2D eigenvalue weighted by Crippen LogP contribution is -2.44. The lowest BCUT2D eigenvalue weighted by molar-refractivity contribution is -0.139. The minimum Gasteiger partial charge on any atom is -0.336 e. The van der Waals surface area contributed by atoms with Gasteiger partial charge in [-0.15, -0.1) is 0 Å². The molecule has 0 aromatic carbocycles. The monoisotopic (exact) mass is 440 g/mol. The number of carbonyl (C=O) groups excluding carboxylic acids is 2. The molecule has 2 aromatic heterocycles. The van der Waals surface area contributed by atoms with Gasteiger partial charge in [-0.05, 0) is 38.2 Å². The first-order chi connectivity index (χ1) is 15.5. The minimum absolute atomic E-state index is 0.0466. The van der Waals surface area contributed by atoms with Crippen LogP contribution in [0.1, 0.15) is 69.1 Å². The molecule has 1 N–H and O–H groups in total. The Morgan fingerprint density at radius 2 is 2.12 bits per heavy atom.